The van der Waals surface area contributed by atoms with Gasteiger partial charge in [-0.25, -0.2) is 18.6 Å². The van der Waals surface area contributed by atoms with Crippen LogP contribution in [0.5, 0.6) is 5.75 Å². The van der Waals surface area contributed by atoms with Crippen molar-refractivity contribution in [2.24, 2.45) is 0 Å². The average molecular weight is 548 g/mol. The monoisotopic (exact) mass is 547 g/mol. The average Bonchev–Trinajstić information content (AvgIpc) is 3.26. The number of aromatic carboxylic acids is 1. The first-order valence-corrected chi connectivity index (χ1v) is 13.7. The van der Waals surface area contributed by atoms with Gasteiger partial charge in [-0.1, -0.05) is 18.2 Å². The maximum absolute atomic E-state index is 14.1. The second-order valence-corrected chi connectivity index (χ2v) is 10.5. The predicted octanol–water partition coefficient (Wildman–Crippen LogP) is 5.76. The van der Waals surface area contributed by atoms with Crippen LogP contribution < -0.4 is 4.74 Å². The number of carboxylic acids is 1. The molecule has 0 amide bonds. The number of nitrogens with zero attached hydrogens (tertiary/aromatic N) is 3. The molecule has 6 rings (SSSR count). The second kappa shape index (κ2) is 11.3. The summed E-state index contributed by atoms with van der Waals surface area (Å²) in [6.07, 6.45) is 2.97. The van der Waals surface area contributed by atoms with Gasteiger partial charge >= 0.3 is 5.97 Å². The summed E-state index contributed by atoms with van der Waals surface area (Å²) in [6.45, 7) is 3.85. The van der Waals surface area contributed by atoms with Crippen LogP contribution in [0.2, 0.25) is 0 Å². The lowest BCUT2D eigenvalue weighted by atomic mass is 9.89. The molecule has 0 spiro atoms. The van der Waals surface area contributed by atoms with E-state index < -0.39 is 17.6 Å². The molecule has 1 atom stereocenters. The lowest BCUT2D eigenvalue weighted by Crippen LogP contribution is -2.35. The van der Waals surface area contributed by atoms with Crippen LogP contribution in [0.1, 0.15) is 52.5 Å². The molecule has 4 aromatic rings. The van der Waals surface area contributed by atoms with Gasteiger partial charge in [0.2, 0.25) is 0 Å². The van der Waals surface area contributed by atoms with E-state index in [0.29, 0.717) is 24.6 Å². The third-order valence-electron chi connectivity index (χ3n) is 7.96. The molecule has 2 aliphatic heterocycles. The zero-order chi connectivity index (χ0) is 27.6. The van der Waals surface area contributed by atoms with Gasteiger partial charge in [-0.2, -0.15) is 0 Å². The lowest BCUT2D eigenvalue weighted by Gasteiger charge is -2.33. The number of carboxylic acid groups (broad SMARTS) is 1. The Kier molecular flexibility index (Phi) is 7.49. The predicted molar refractivity (Wildman–Crippen MR) is 145 cm³/mol. The summed E-state index contributed by atoms with van der Waals surface area (Å²) in [6, 6.07) is 16.5. The summed E-state index contributed by atoms with van der Waals surface area (Å²) >= 11 is 0. The number of rotatable bonds is 9. The van der Waals surface area contributed by atoms with Crippen LogP contribution in [0.4, 0.5) is 8.78 Å². The van der Waals surface area contributed by atoms with Gasteiger partial charge in [0.25, 0.3) is 0 Å². The minimum Gasteiger partial charge on any atom is -0.489 e. The Morgan fingerprint density at radius 3 is 2.58 bits per heavy atom. The Hall–Kier alpha value is -3.82. The highest BCUT2D eigenvalue weighted by Crippen LogP contribution is 2.35. The number of fused-ring (bicyclic) bond motifs is 1. The molecule has 2 fully saturated rings. The molecule has 0 radical (unpaired) electrons. The number of benzene rings is 3. The maximum Gasteiger partial charge on any atom is 0.335 e. The lowest BCUT2D eigenvalue weighted by molar-refractivity contribution is -0.0592. The van der Waals surface area contributed by atoms with Gasteiger partial charge < -0.3 is 19.1 Å². The molecular formula is C31H31F2N3O4. The Morgan fingerprint density at radius 1 is 1.05 bits per heavy atom. The third-order valence-corrected chi connectivity index (χ3v) is 7.96. The number of halogens is 2. The highest BCUT2D eigenvalue weighted by atomic mass is 19.1. The van der Waals surface area contributed by atoms with Gasteiger partial charge in [0.15, 0.2) is 0 Å². The largest absolute Gasteiger partial charge is 0.489 e. The molecule has 40 heavy (non-hydrogen) atoms. The minimum absolute atomic E-state index is 0.0342. The fraction of sp³-hybridized carbons (Fsp3) is 0.355. The number of likely N-dealkylation sites (tertiary alicyclic amines) is 1. The highest BCUT2D eigenvalue weighted by Gasteiger charge is 2.26. The standard InChI is InChI=1S/C31H31F2N3O4/c32-23-7-5-22(26(33)16-23)19-40-29-4-2-1-3-25(29)20-9-12-35(13-10-20)18-30-34-27-8-6-21(31(37)38)15-28(27)36(30)17-24-11-14-39-24/h1-8,15-16,20,24H,9-14,17-19H2,(H,37,38)/t24-/m0/s1. The van der Waals surface area contributed by atoms with Crippen molar-refractivity contribution < 1.29 is 28.2 Å². The number of imidazole rings is 1. The number of ether oxygens (including phenoxy) is 2. The number of para-hydroxylation sites is 1. The van der Waals surface area contributed by atoms with Crippen LogP contribution >= 0.6 is 0 Å². The molecular weight excluding hydrogens is 516 g/mol. The SMILES string of the molecule is O=C(O)c1ccc2nc(CN3CCC(c4ccccc4OCc4ccc(F)cc4F)CC3)n(C[C@@H]3CCO3)c2c1. The van der Waals surface area contributed by atoms with Crippen molar-refractivity contribution in [1.82, 2.24) is 14.5 Å². The first kappa shape index (κ1) is 26.4. The molecule has 9 heteroatoms. The van der Waals surface area contributed by atoms with Crippen molar-refractivity contribution >= 4 is 17.0 Å². The molecule has 2 aliphatic rings. The van der Waals surface area contributed by atoms with Gasteiger partial charge in [-0.05, 0) is 80.2 Å². The summed E-state index contributed by atoms with van der Waals surface area (Å²) in [5.74, 6) is -0.237. The van der Waals surface area contributed by atoms with E-state index in [1.807, 2.05) is 18.2 Å². The van der Waals surface area contributed by atoms with Gasteiger partial charge in [0, 0.05) is 18.2 Å². The molecule has 0 unspecified atom stereocenters. The van der Waals surface area contributed by atoms with E-state index in [1.54, 1.807) is 18.2 Å². The Bertz CT molecular complexity index is 1530. The van der Waals surface area contributed by atoms with Gasteiger partial charge in [0.05, 0.1) is 35.8 Å². The summed E-state index contributed by atoms with van der Waals surface area (Å²) in [7, 11) is 0. The fourth-order valence-electron chi connectivity index (χ4n) is 5.61. The first-order chi connectivity index (χ1) is 19.4. The fourth-order valence-corrected chi connectivity index (χ4v) is 5.61. The minimum atomic E-state index is -0.953. The maximum atomic E-state index is 14.1. The van der Waals surface area contributed by atoms with E-state index in [-0.39, 0.29) is 18.3 Å². The Balaban J connectivity index is 1.14. The quantitative estimate of drug-likeness (QED) is 0.287. The molecule has 0 bridgehead atoms. The van der Waals surface area contributed by atoms with Crippen LogP contribution in [0.15, 0.2) is 60.7 Å². The zero-order valence-corrected chi connectivity index (χ0v) is 22.1. The molecule has 1 aromatic heterocycles. The van der Waals surface area contributed by atoms with E-state index in [9.17, 15) is 18.7 Å². The number of hydrogen-bond donors (Lipinski definition) is 1. The number of carbonyl (C=O) groups is 1. The van der Waals surface area contributed by atoms with Crippen LogP contribution in [-0.2, 0) is 24.4 Å². The van der Waals surface area contributed by atoms with Crippen molar-refractivity contribution in [2.75, 3.05) is 19.7 Å². The summed E-state index contributed by atoms with van der Waals surface area (Å²) < 4.78 is 41.2. The molecule has 1 N–H and O–H groups in total. The molecule has 7 nitrogen and oxygen atoms in total. The number of aromatic nitrogens is 2. The highest BCUT2D eigenvalue weighted by molar-refractivity contribution is 5.92. The topological polar surface area (TPSA) is 76.8 Å². The number of hydrogen-bond acceptors (Lipinski definition) is 5. The van der Waals surface area contributed by atoms with Crippen molar-refractivity contribution in [3.05, 3.63) is 94.8 Å². The van der Waals surface area contributed by atoms with E-state index in [2.05, 4.69) is 15.5 Å². The Labute approximate surface area is 231 Å². The van der Waals surface area contributed by atoms with E-state index >= 15 is 0 Å². The summed E-state index contributed by atoms with van der Waals surface area (Å²) in [5, 5.41) is 9.49. The van der Waals surface area contributed by atoms with Crippen LogP contribution in [0.3, 0.4) is 0 Å². The van der Waals surface area contributed by atoms with Crippen LogP contribution in [0.25, 0.3) is 11.0 Å². The summed E-state index contributed by atoms with van der Waals surface area (Å²) in [5.41, 5.74) is 3.28. The molecule has 3 aromatic carbocycles. The molecule has 208 valence electrons. The molecule has 2 saturated heterocycles. The third kappa shape index (κ3) is 5.57. The van der Waals surface area contributed by atoms with Gasteiger partial charge in [0.1, 0.15) is 29.8 Å². The van der Waals surface area contributed by atoms with Gasteiger partial charge in [-0.3, -0.25) is 4.90 Å². The van der Waals surface area contributed by atoms with Gasteiger partial charge in [-0.15, -0.1) is 0 Å². The smallest absolute Gasteiger partial charge is 0.335 e. The van der Waals surface area contributed by atoms with E-state index in [0.717, 1.165) is 73.2 Å². The van der Waals surface area contributed by atoms with Crippen LogP contribution in [0, 0.1) is 11.6 Å². The second-order valence-electron chi connectivity index (χ2n) is 10.5. The van der Waals surface area contributed by atoms with Crippen molar-refractivity contribution in [3.8, 4) is 5.75 Å². The van der Waals surface area contributed by atoms with E-state index in [4.69, 9.17) is 14.5 Å². The van der Waals surface area contributed by atoms with Crippen molar-refractivity contribution in [3.63, 3.8) is 0 Å². The van der Waals surface area contributed by atoms with E-state index in [1.165, 1.54) is 12.1 Å². The Morgan fingerprint density at radius 2 is 1.85 bits per heavy atom. The first-order valence-electron chi connectivity index (χ1n) is 13.7. The normalized spacial score (nSPS) is 18.1. The molecule has 0 aliphatic carbocycles. The molecule has 0 saturated carbocycles. The van der Waals surface area contributed by atoms with Crippen molar-refractivity contribution in [1.29, 1.82) is 0 Å². The van der Waals surface area contributed by atoms with Crippen molar-refractivity contribution in [2.45, 2.75) is 51.0 Å². The zero-order valence-electron chi connectivity index (χ0n) is 22.1. The summed E-state index contributed by atoms with van der Waals surface area (Å²) in [4.78, 5) is 18.8. The van der Waals surface area contributed by atoms with Crippen LogP contribution in [-0.4, -0.2) is 51.3 Å². The molecule has 3 heterocycles. The number of piperidine rings is 1.